The van der Waals surface area contributed by atoms with Gasteiger partial charge in [0.2, 0.25) is 5.91 Å². The quantitative estimate of drug-likeness (QED) is 0.724. The highest BCUT2D eigenvalue weighted by atomic mass is 32.1. The van der Waals surface area contributed by atoms with E-state index in [9.17, 15) is 9.59 Å². The second kappa shape index (κ2) is 7.36. The highest BCUT2D eigenvalue weighted by Gasteiger charge is 2.23. The number of nitrogens with one attached hydrogen (secondary N) is 1. The van der Waals surface area contributed by atoms with Crippen LogP contribution in [0.3, 0.4) is 0 Å². The van der Waals surface area contributed by atoms with Crippen LogP contribution in [-0.4, -0.2) is 23.5 Å². The fourth-order valence-electron chi connectivity index (χ4n) is 3.15. The van der Waals surface area contributed by atoms with Crippen LogP contribution < -0.4 is 10.2 Å². The first-order valence-electron chi connectivity index (χ1n) is 8.83. The molecule has 0 bridgehead atoms. The molecule has 1 N–H and O–H groups in total. The van der Waals surface area contributed by atoms with E-state index < -0.39 is 0 Å². The van der Waals surface area contributed by atoms with Gasteiger partial charge in [-0.05, 0) is 42.5 Å². The molecule has 3 heterocycles. The molecular formula is C20H19N3O3S. The van der Waals surface area contributed by atoms with Gasteiger partial charge in [0.1, 0.15) is 0 Å². The predicted octanol–water partition coefficient (Wildman–Crippen LogP) is 4.02. The average molecular weight is 381 g/mol. The molecule has 1 aromatic carbocycles. The molecule has 1 aliphatic heterocycles. The lowest BCUT2D eigenvalue weighted by Crippen LogP contribution is -2.27. The van der Waals surface area contributed by atoms with Gasteiger partial charge >= 0.3 is 0 Å². The first-order chi connectivity index (χ1) is 13.1. The molecule has 6 nitrogen and oxygen atoms in total. The SMILES string of the molecule is CC(NC(=O)c1cc(-c2cccs2)on1)c1cccc(N2CCCC2=O)c1. The van der Waals surface area contributed by atoms with Crippen molar-refractivity contribution in [2.24, 2.45) is 0 Å². The molecule has 1 unspecified atom stereocenters. The standard InChI is InChI=1S/C20H19N3O3S/c1-13(14-5-2-6-15(11-14)23-9-3-8-19(23)24)21-20(25)16-12-17(26-22-16)18-7-4-10-27-18/h2,4-7,10-13H,3,8-9H2,1H3,(H,21,25). The zero-order chi connectivity index (χ0) is 18.8. The first-order valence-corrected chi connectivity index (χ1v) is 9.71. The van der Waals surface area contributed by atoms with Gasteiger partial charge in [0, 0.05) is 24.7 Å². The monoisotopic (exact) mass is 381 g/mol. The van der Waals surface area contributed by atoms with E-state index in [1.165, 1.54) is 11.3 Å². The number of benzene rings is 1. The molecule has 0 spiro atoms. The van der Waals surface area contributed by atoms with Crippen molar-refractivity contribution in [2.45, 2.75) is 25.8 Å². The molecule has 7 heteroatoms. The third-order valence-corrected chi connectivity index (χ3v) is 5.49. The lowest BCUT2D eigenvalue weighted by molar-refractivity contribution is -0.117. The Labute approximate surface area is 160 Å². The van der Waals surface area contributed by atoms with Crippen LogP contribution in [0, 0.1) is 0 Å². The molecular weight excluding hydrogens is 362 g/mol. The van der Waals surface area contributed by atoms with E-state index in [0.717, 1.165) is 29.1 Å². The molecule has 0 radical (unpaired) electrons. The van der Waals surface area contributed by atoms with Crippen molar-refractivity contribution in [3.05, 3.63) is 59.1 Å². The molecule has 4 rings (SSSR count). The average Bonchev–Trinajstić information content (AvgIpc) is 3.42. The minimum absolute atomic E-state index is 0.146. The molecule has 1 atom stereocenters. The van der Waals surface area contributed by atoms with E-state index in [0.29, 0.717) is 12.2 Å². The Hall–Kier alpha value is -2.93. The van der Waals surface area contributed by atoms with Crippen LogP contribution in [0.5, 0.6) is 0 Å². The molecule has 0 aliphatic carbocycles. The topological polar surface area (TPSA) is 75.4 Å². The summed E-state index contributed by atoms with van der Waals surface area (Å²) >= 11 is 1.53. The Kier molecular flexibility index (Phi) is 4.77. The van der Waals surface area contributed by atoms with Crippen LogP contribution in [-0.2, 0) is 4.79 Å². The number of carbonyl (C=O) groups is 2. The summed E-state index contributed by atoms with van der Waals surface area (Å²) in [4.78, 5) is 27.2. The van der Waals surface area contributed by atoms with Crippen molar-refractivity contribution >= 4 is 28.8 Å². The zero-order valence-corrected chi connectivity index (χ0v) is 15.7. The van der Waals surface area contributed by atoms with Crippen LogP contribution in [0.1, 0.15) is 41.9 Å². The van der Waals surface area contributed by atoms with Gasteiger partial charge in [0.25, 0.3) is 5.91 Å². The number of nitrogens with zero attached hydrogens (tertiary/aromatic N) is 2. The van der Waals surface area contributed by atoms with E-state index in [1.54, 1.807) is 11.0 Å². The summed E-state index contributed by atoms with van der Waals surface area (Å²) in [6.07, 6.45) is 1.48. The number of rotatable bonds is 5. The van der Waals surface area contributed by atoms with Gasteiger partial charge in [0.05, 0.1) is 10.9 Å². The first kappa shape index (κ1) is 17.5. The Morgan fingerprint density at radius 2 is 2.19 bits per heavy atom. The highest BCUT2D eigenvalue weighted by molar-refractivity contribution is 7.13. The number of hydrogen-bond donors (Lipinski definition) is 1. The van der Waals surface area contributed by atoms with Crippen LogP contribution in [0.4, 0.5) is 5.69 Å². The Morgan fingerprint density at radius 1 is 1.30 bits per heavy atom. The summed E-state index contributed by atoms with van der Waals surface area (Å²) in [6.45, 7) is 2.65. The number of anilines is 1. The van der Waals surface area contributed by atoms with Crippen molar-refractivity contribution in [2.75, 3.05) is 11.4 Å². The maximum Gasteiger partial charge on any atom is 0.273 e. The fourth-order valence-corrected chi connectivity index (χ4v) is 3.83. The summed E-state index contributed by atoms with van der Waals surface area (Å²) < 4.78 is 5.27. The summed E-state index contributed by atoms with van der Waals surface area (Å²) in [5.41, 5.74) is 2.05. The Balaban J connectivity index is 1.46. The van der Waals surface area contributed by atoms with E-state index >= 15 is 0 Å². The number of hydrogen-bond acceptors (Lipinski definition) is 5. The van der Waals surface area contributed by atoms with Gasteiger partial charge in [-0.2, -0.15) is 0 Å². The van der Waals surface area contributed by atoms with Gasteiger partial charge in [0.15, 0.2) is 11.5 Å². The Morgan fingerprint density at radius 3 is 2.93 bits per heavy atom. The number of amides is 2. The van der Waals surface area contributed by atoms with E-state index in [-0.39, 0.29) is 23.6 Å². The van der Waals surface area contributed by atoms with Gasteiger partial charge in [-0.1, -0.05) is 23.4 Å². The van der Waals surface area contributed by atoms with Crippen molar-refractivity contribution < 1.29 is 14.1 Å². The van der Waals surface area contributed by atoms with Gasteiger partial charge in [-0.15, -0.1) is 11.3 Å². The lowest BCUT2D eigenvalue weighted by Gasteiger charge is -2.19. The van der Waals surface area contributed by atoms with Gasteiger partial charge in [-0.25, -0.2) is 0 Å². The predicted molar refractivity (Wildman–Crippen MR) is 104 cm³/mol. The minimum Gasteiger partial charge on any atom is -0.355 e. The third-order valence-electron chi connectivity index (χ3n) is 4.61. The van der Waals surface area contributed by atoms with Crippen LogP contribution in [0.2, 0.25) is 0 Å². The molecule has 1 aliphatic rings. The summed E-state index contributed by atoms with van der Waals surface area (Å²) in [5, 5.41) is 8.76. The molecule has 2 aromatic heterocycles. The smallest absolute Gasteiger partial charge is 0.273 e. The molecule has 138 valence electrons. The second-order valence-corrected chi connectivity index (χ2v) is 7.44. The summed E-state index contributed by atoms with van der Waals surface area (Å²) in [5.74, 6) is 0.432. The molecule has 3 aromatic rings. The molecule has 1 saturated heterocycles. The third kappa shape index (κ3) is 3.64. The largest absolute Gasteiger partial charge is 0.355 e. The van der Waals surface area contributed by atoms with Crippen LogP contribution >= 0.6 is 11.3 Å². The lowest BCUT2D eigenvalue weighted by atomic mass is 10.1. The Bertz CT molecular complexity index is 965. The van der Waals surface area contributed by atoms with E-state index in [1.807, 2.05) is 48.7 Å². The molecule has 0 saturated carbocycles. The fraction of sp³-hybridized carbons (Fsp3) is 0.250. The maximum atomic E-state index is 12.5. The van der Waals surface area contributed by atoms with E-state index in [2.05, 4.69) is 10.5 Å². The van der Waals surface area contributed by atoms with Crippen molar-refractivity contribution in [1.29, 1.82) is 0 Å². The summed E-state index contributed by atoms with van der Waals surface area (Å²) in [6, 6.07) is 13.0. The van der Waals surface area contributed by atoms with Crippen molar-refractivity contribution in [3.8, 4) is 10.6 Å². The zero-order valence-electron chi connectivity index (χ0n) is 14.8. The normalized spacial score (nSPS) is 15.1. The van der Waals surface area contributed by atoms with Crippen molar-refractivity contribution in [3.63, 3.8) is 0 Å². The summed E-state index contributed by atoms with van der Waals surface area (Å²) in [7, 11) is 0. The number of carbonyl (C=O) groups excluding carboxylic acids is 2. The van der Waals surface area contributed by atoms with Gasteiger partial charge in [-0.3, -0.25) is 9.59 Å². The van der Waals surface area contributed by atoms with E-state index in [4.69, 9.17) is 4.52 Å². The number of aromatic nitrogens is 1. The second-order valence-electron chi connectivity index (χ2n) is 6.49. The molecule has 1 fully saturated rings. The van der Waals surface area contributed by atoms with Crippen LogP contribution in [0.15, 0.2) is 52.4 Å². The van der Waals surface area contributed by atoms with Crippen molar-refractivity contribution in [1.82, 2.24) is 10.5 Å². The molecule has 2 amide bonds. The van der Waals surface area contributed by atoms with Crippen LogP contribution in [0.25, 0.3) is 10.6 Å². The number of thiophene rings is 1. The highest BCUT2D eigenvalue weighted by Crippen LogP contribution is 2.26. The maximum absolute atomic E-state index is 12.5. The van der Waals surface area contributed by atoms with Gasteiger partial charge < -0.3 is 14.7 Å². The molecule has 27 heavy (non-hydrogen) atoms. The minimum atomic E-state index is -0.295.